The van der Waals surface area contributed by atoms with Crippen LogP contribution in [0.3, 0.4) is 0 Å². The van der Waals surface area contributed by atoms with E-state index < -0.39 is 0 Å². The summed E-state index contributed by atoms with van der Waals surface area (Å²) in [6.45, 7) is 2.02. The number of nitrogens with zero attached hydrogens (tertiary/aromatic N) is 4. The van der Waals surface area contributed by atoms with E-state index >= 15 is 0 Å². The van der Waals surface area contributed by atoms with Crippen molar-refractivity contribution in [1.29, 1.82) is 0 Å². The second-order valence-electron chi connectivity index (χ2n) is 5.78. The van der Waals surface area contributed by atoms with Crippen molar-refractivity contribution in [1.82, 2.24) is 15.0 Å². The lowest BCUT2D eigenvalue weighted by molar-refractivity contribution is 0.837. The molecule has 0 radical (unpaired) electrons. The van der Waals surface area contributed by atoms with Crippen LogP contribution in [0.4, 0.5) is 5.82 Å². The maximum Gasteiger partial charge on any atom is 0.163 e. The van der Waals surface area contributed by atoms with Gasteiger partial charge in [0, 0.05) is 59.2 Å². The van der Waals surface area contributed by atoms with Crippen molar-refractivity contribution in [2.75, 3.05) is 29.5 Å². The van der Waals surface area contributed by atoms with Gasteiger partial charge in [-0.05, 0) is 24.3 Å². The number of thioether (sulfide) groups is 1. The van der Waals surface area contributed by atoms with E-state index in [1.807, 2.05) is 48.2 Å². The summed E-state index contributed by atoms with van der Waals surface area (Å²) in [5.74, 6) is 3.93. The third kappa shape index (κ3) is 3.78. The molecule has 0 unspecified atom stereocenters. The van der Waals surface area contributed by atoms with Crippen LogP contribution in [-0.2, 0) is 0 Å². The predicted octanol–water partition coefficient (Wildman–Crippen LogP) is 4.41. The number of aromatic nitrogens is 3. The van der Waals surface area contributed by atoms with Crippen molar-refractivity contribution in [2.24, 2.45) is 0 Å². The zero-order valence-electron chi connectivity index (χ0n) is 13.6. The summed E-state index contributed by atoms with van der Waals surface area (Å²) in [5, 5.41) is 0.721. The van der Waals surface area contributed by atoms with Crippen LogP contribution in [0, 0.1) is 0 Å². The number of anilines is 1. The molecule has 3 heterocycles. The zero-order valence-corrected chi connectivity index (χ0v) is 15.2. The van der Waals surface area contributed by atoms with Gasteiger partial charge in [0.15, 0.2) is 5.82 Å². The summed E-state index contributed by atoms with van der Waals surface area (Å²) in [6.07, 6.45) is 3.56. The van der Waals surface area contributed by atoms with Gasteiger partial charge >= 0.3 is 0 Å². The van der Waals surface area contributed by atoms with Gasteiger partial charge in [0.1, 0.15) is 5.82 Å². The largest absolute Gasteiger partial charge is 0.355 e. The second-order valence-corrected chi connectivity index (χ2v) is 7.44. The van der Waals surface area contributed by atoms with E-state index in [4.69, 9.17) is 21.6 Å². The summed E-state index contributed by atoms with van der Waals surface area (Å²) in [7, 11) is 0. The third-order valence-electron chi connectivity index (χ3n) is 4.11. The van der Waals surface area contributed by atoms with Gasteiger partial charge in [0.25, 0.3) is 0 Å². The number of hydrogen-bond donors (Lipinski definition) is 0. The van der Waals surface area contributed by atoms with E-state index in [0.717, 1.165) is 52.3 Å². The van der Waals surface area contributed by atoms with Crippen molar-refractivity contribution in [3.63, 3.8) is 0 Å². The van der Waals surface area contributed by atoms with Crippen molar-refractivity contribution in [2.45, 2.75) is 0 Å². The fourth-order valence-corrected chi connectivity index (χ4v) is 3.81. The van der Waals surface area contributed by atoms with E-state index in [-0.39, 0.29) is 0 Å². The Hall–Kier alpha value is -2.11. The summed E-state index contributed by atoms with van der Waals surface area (Å²) in [6, 6.07) is 13.7. The maximum atomic E-state index is 6.03. The lowest BCUT2D eigenvalue weighted by Crippen LogP contribution is -2.33. The summed E-state index contributed by atoms with van der Waals surface area (Å²) < 4.78 is 0. The van der Waals surface area contributed by atoms with E-state index in [9.17, 15) is 0 Å². The Balaban J connectivity index is 1.81. The van der Waals surface area contributed by atoms with Crippen LogP contribution >= 0.6 is 23.4 Å². The molecule has 0 spiro atoms. The van der Waals surface area contributed by atoms with Gasteiger partial charge < -0.3 is 4.90 Å². The molecule has 0 N–H and O–H groups in total. The van der Waals surface area contributed by atoms with Crippen molar-refractivity contribution >= 4 is 29.2 Å². The molecule has 3 aromatic rings. The molecule has 1 aliphatic heterocycles. The smallest absolute Gasteiger partial charge is 0.163 e. The molecular formula is C19H17ClN4S. The van der Waals surface area contributed by atoms with E-state index in [1.165, 1.54) is 0 Å². The van der Waals surface area contributed by atoms with Gasteiger partial charge in [-0.3, -0.25) is 4.98 Å². The minimum absolute atomic E-state index is 0.703. The molecule has 6 heteroatoms. The number of pyridine rings is 1. The zero-order chi connectivity index (χ0) is 17.1. The number of halogens is 1. The molecule has 4 nitrogen and oxygen atoms in total. The molecule has 0 bridgehead atoms. The first-order chi connectivity index (χ1) is 12.3. The monoisotopic (exact) mass is 368 g/mol. The lowest BCUT2D eigenvalue weighted by atomic mass is 10.1. The van der Waals surface area contributed by atoms with Crippen molar-refractivity contribution < 1.29 is 0 Å². The Morgan fingerprint density at radius 3 is 2.48 bits per heavy atom. The van der Waals surface area contributed by atoms with E-state index in [2.05, 4.69) is 16.0 Å². The van der Waals surface area contributed by atoms with E-state index in [0.29, 0.717) is 5.82 Å². The first-order valence-corrected chi connectivity index (χ1v) is 9.71. The highest BCUT2D eigenvalue weighted by atomic mass is 35.5. The molecule has 1 fully saturated rings. The molecule has 0 atom stereocenters. The standard InChI is InChI=1S/C19H17ClN4S/c20-16-5-3-14(4-6-16)17-12-18(24-8-10-25-11-9-24)23-19(22-17)15-2-1-7-21-13-15/h1-7,12-13H,8-11H2. The number of hydrogen-bond acceptors (Lipinski definition) is 5. The molecule has 126 valence electrons. The Morgan fingerprint density at radius 1 is 0.960 bits per heavy atom. The van der Waals surface area contributed by atoms with Gasteiger partial charge in [-0.15, -0.1) is 0 Å². The fraction of sp³-hybridized carbons (Fsp3) is 0.211. The SMILES string of the molecule is Clc1ccc(-c2cc(N3CCSCC3)nc(-c3cccnc3)n2)cc1. The quantitative estimate of drug-likeness (QED) is 0.684. The molecule has 2 aromatic heterocycles. The molecule has 1 saturated heterocycles. The first-order valence-electron chi connectivity index (χ1n) is 8.18. The summed E-state index contributed by atoms with van der Waals surface area (Å²) in [4.78, 5) is 16.1. The first kappa shape index (κ1) is 16.4. The molecule has 25 heavy (non-hydrogen) atoms. The van der Waals surface area contributed by atoms with Crippen LogP contribution in [0.2, 0.25) is 5.02 Å². The molecule has 0 saturated carbocycles. The van der Waals surface area contributed by atoms with Crippen LogP contribution in [0.15, 0.2) is 54.9 Å². The van der Waals surface area contributed by atoms with Crippen LogP contribution in [0.25, 0.3) is 22.6 Å². The molecular weight excluding hydrogens is 352 g/mol. The van der Waals surface area contributed by atoms with Crippen molar-refractivity contribution in [3.8, 4) is 22.6 Å². The van der Waals surface area contributed by atoms with Gasteiger partial charge in [-0.25, -0.2) is 9.97 Å². The van der Waals surface area contributed by atoms with Crippen LogP contribution in [-0.4, -0.2) is 39.5 Å². The molecule has 1 aliphatic rings. The Labute approximate surface area is 156 Å². The average molecular weight is 369 g/mol. The van der Waals surface area contributed by atoms with Gasteiger partial charge in [0.05, 0.1) is 5.69 Å². The predicted molar refractivity (Wildman–Crippen MR) is 105 cm³/mol. The normalized spacial score (nSPS) is 14.5. The minimum atomic E-state index is 0.703. The number of benzene rings is 1. The minimum Gasteiger partial charge on any atom is -0.355 e. The van der Waals surface area contributed by atoms with Gasteiger partial charge in [-0.1, -0.05) is 23.7 Å². The second kappa shape index (κ2) is 7.42. The molecule has 1 aromatic carbocycles. The van der Waals surface area contributed by atoms with Crippen molar-refractivity contribution in [3.05, 3.63) is 59.9 Å². The number of rotatable bonds is 3. The Kier molecular flexibility index (Phi) is 4.85. The average Bonchev–Trinajstić information content (AvgIpc) is 2.69. The molecule has 0 aliphatic carbocycles. The molecule has 0 amide bonds. The van der Waals surface area contributed by atoms with Crippen LogP contribution < -0.4 is 4.90 Å². The highest BCUT2D eigenvalue weighted by Crippen LogP contribution is 2.27. The highest BCUT2D eigenvalue weighted by Gasteiger charge is 2.16. The van der Waals surface area contributed by atoms with Gasteiger partial charge in [0.2, 0.25) is 0 Å². The van der Waals surface area contributed by atoms with E-state index in [1.54, 1.807) is 12.4 Å². The third-order valence-corrected chi connectivity index (χ3v) is 5.30. The summed E-state index contributed by atoms with van der Waals surface area (Å²) in [5.41, 5.74) is 2.86. The topological polar surface area (TPSA) is 41.9 Å². The Morgan fingerprint density at radius 2 is 1.76 bits per heavy atom. The highest BCUT2D eigenvalue weighted by molar-refractivity contribution is 7.99. The lowest BCUT2D eigenvalue weighted by Gasteiger charge is -2.28. The van der Waals surface area contributed by atoms with Crippen LogP contribution in [0.1, 0.15) is 0 Å². The summed E-state index contributed by atoms with van der Waals surface area (Å²) >= 11 is 8.01. The maximum absolute atomic E-state index is 6.03. The van der Waals surface area contributed by atoms with Gasteiger partial charge in [-0.2, -0.15) is 11.8 Å². The Bertz CT molecular complexity index is 849. The van der Waals surface area contributed by atoms with Crippen LogP contribution in [0.5, 0.6) is 0 Å². The fourth-order valence-electron chi connectivity index (χ4n) is 2.78. The molecule has 4 rings (SSSR count).